The summed E-state index contributed by atoms with van der Waals surface area (Å²) in [7, 11) is 1.49. The Kier molecular flexibility index (Phi) is 10.6. The van der Waals surface area contributed by atoms with Crippen molar-refractivity contribution in [2.75, 3.05) is 29.3 Å². The summed E-state index contributed by atoms with van der Waals surface area (Å²) in [6, 6.07) is 35.6. The summed E-state index contributed by atoms with van der Waals surface area (Å²) in [5.74, 6) is 1.60. The Hall–Kier alpha value is -5.07. The lowest BCUT2D eigenvalue weighted by Crippen LogP contribution is -2.21. The van der Waals surface area contributed by atoms with Gasteiger partial charge in [-0.2, -0.15) is 5.10 Å². The van der Waals surface area contributed by atoms with Gasteiger partial charge in [0.05, 0.1) is 29.2 Å². The number of benzene rings is 4. The van der Waals surface area contributed by atoms with Gasteiger partial charge in [-0.15, -0.1) is 0 Å². The van der Waals surface area contributed by atoms with Gasteiger partial charge in [0.2, 0.25) is 0 Å². The van der Waals surface area contributed by atoms with E-state index in [1.165, 1.54) is 7.11 Å². The standard InChI is InChI=1S/C35H29N5O4.CH3I/c1-43-23-27(41)20-25-21-28(18-19-36-25)44-33-17-16-31(29-14-8-9-15-30(29)33)37-35(42)38-34-22-32(24-10-4-2-5-11-24)39-40(34)26-12-6-3-7-13-26;1-2/h2-19,21-22H,20,23H2,1H3,(H2,37,38,42);1H3/i;1D. The van der Waals surface area contributed by atoms with E-state index in [2.05, 4.69) is 15.6 Å². The van der Waals surface area contributed by atoms with Crippen LogP contribution in [0.4, 0.5) is 16.3 Å². The molecule has 2 N–H and O–H groups in total. The van der Waals surface area contributed by atoms with Gasteiger partial charge in [-0.1, -0.05) is 95.4 Å². The van der Waals surface area contributed by atoms with Gasteiger partial charge < -0.3 is 14.8 Å². The van der Waals surface area contributed by atoms with Crippen molar-refractivity contribution in [3.8, 4) is 28.4 Å². The fourth-order valence-electron chi connectivity index (χ4n) is 4.88. The molecule has 0 bridgehead atoms. The van der Waals surface area contributed by atoms with Crippen LogP contribution in [-0.2, 0) is 16.0 Å². The minimum Gasteiger partial charge on any atom is -0.457 e. The Balaban J connectivity index is 0.00000139. The zero-order valence-corrected chi connectivity index (χ0v) is 27.2. The van der Waals surface area contributed by atoms with E-state index in [1.807, 2.05) is 114 Å². The second-order valence-electron chi connectivity index (χ2n) is 10.00. The quantitative estimate of drug-likeness (QED) is 0.109. The van der Waals surface area contributed by atoms with Crippen molar-refractivity contribution in [1.29, 1.82) is 0 Å². The molecule has 46 heavy (non-hydrogen) atoms. The second-order valence-corrected chi connectivity index (χ2v) is 10.00. The van der Waals surface area contributed by atoms with Crippen molar-refractivity contribution >= 4 is 56.7 Å². The molecule has 232 valence electrons. The first-order valence-electron chi connectivity index (χ1n) is 15.0. The lowest BCUT2D eigenvalue weighted by molar-refractivity contribution is -0.122. The number of nitrogens with zero attached hydrogens (tertiary/aromatic N) is 3. The minimum atomic E-state index is -0.417. The van der Waals surface area contributed by atoms with Crippen molar-refractivity contribution in [3.05, 3.63) is 127 Å². The van der Waals surface area contributed by atoms with Gasteiger partial charge in [-0.3, -0.25) is 15.1 Å². The number of pyridine rings is 1. The molecule has 0 aliphatic carbocycles. The lowest BCUT2D eigenvalue weighted by atomic mass is 10.1. The normalized spacial score (nSPS) is 10.8. The van der Waals surface area contributed by atoms with E-state index >= 15 is 0 Å². The molecule has 6 rings (SSSR count). The highest BCUT2D eigenvalue weighted by Crippen LogP contribution is 2.35. The molecule has 0 unspecified atom stereocenters. The van der Waals surface area contributed by atoms with E-state index < -0.39 is 6.03 Å². The number of aromatic nitrogens is 3. The predicted octanol–water partition coefficient (Wildman–Crippen LogP) is 8.33. The summed E-state index contributed by atoms with van der Waals surface area (Å²) in [6.07, 6.45) is 1.76. The maximum absolute atomic E-state index is 13.4. The number of carbonyl (C=O) groups is 2. The highest BCUT2D eigenvalue weighted by atomic mass is 127. The van der Waals surface area contributed by atoms with Crippen LogP contribution < -0.4 is 15.4 Å². The van der Waals surface area contributed by atoms with Gasteiger partial charge in [-0.05, 0) is 35.2 Å². The molecule has 2 aromatic heterocycles. The zero-order chi connectivity index (χ0) is 33.0. The van der Waals surface area contributed by atoms with E-state index in [0.29, 0.717) is 33.6 Å². The minimum absolute atomic E-state index is 0.0300. The van der Waals surface area contributed by atoms with Crippen LogP contribution in [0.1, 0.15) is 7.06 Å². The Labute approximate surface area is 282 Å². The highest BCUT2D eigenvalue weighted by Gasteiger charge is 2.16. The number of alkyl halides is 1. The molecule has 0 saturated carbocycles. The zero-order valence-electron chi connectivity index (χ0n) is 26.0. The van der Waals surface area contributed by atoms with Crippen LogP contribution in [-0.4, -0.2) is 45.2 Å². The second kappa shape index (κ2) is 15.8. The number of rotatable bonds is 10. The van der Waals surface area contributed by atoms with Gasteiger partial charge in [0, 0.05) is 43.1 Å². The van der Waals surface area contributed by atoms with Crippen LogP contribution in [0.2, 0.25) is 0 Å². The molecule has 4 aromatic carbocycles. The number of urea groups is 1. The number of hydrogen-bond acceptors (Lipinski definition) is 6. The monoisotopic (exact) mass is 726 g/mol. The summed E-state index contributed by atoms with van der Waals surface area (Å²) in [5, 5.41) is 12.3. The van der Waals surface area contributed by atoms with Crippen molar-refractivity contribution in [3.63, 3.8) is 0 Å². The summed E-state index contributed by atoms with van der Waals surface area (Å²) in [5.41, 5.74) is 3.70. The van der Waals surface area contributed by atoms with Crippen molar-refractivity contribution in [2.24, 2.45) is 0 Å². The fourth-order valence-corrected chi connectivity index (χ4v) is 4.88. The Bertz CT molecular complexity index is 1950. The van der Waals surface area contributed by atoms with Crippen LogP contribution in [0.25, 0.3) is 27.7 Å². The van der Waals surface area contributed by atoms with E-state index in [9.17, 15) is 9.59 Å². The van der Waals surface area contributed by atoms with Gasteiger partial charge in [0.15, 0.2) is 5.78 Å². The average molecular weight is 727 g/mol. The predicted molar refractivity (Wildman–Crippen MR) is 190 cm³/mol. The molecule has 9 nitrogen and oxygen atoms in total. The smallest absolute Gasteiger partial charge is 0.324 e. The van der Waals surface area contributed by atoms with Crippen LogP contribution >= 0.6 is 22.6 Å². The first-order chi connectivity index (χ1) is 23.0. The number of hydrogen-bond donors (Lipinski definition) is 2. The first kappa shape index (κ1) is 30.9. The third-order valence-corrected chi connectivity index (χ3v) is 6.85. The van der Waals surface area contributed by atoms with Crippen molar-refractivity contribution < 1.29 is 20.4 Å². The molecule has 0 spiro atoms. The number of para-hydroxylation sites is 1. The summed E-state index contributed by atoms with van der Waals surface area (Å²) < 4.78 is 19.0. The van der Waals surface area contributed by atoms with Crippen LogP contribution in [0, 0.1) is 0 Å². The van der Waals surface area contributed by atoms with Gasteiger partial charge >= 0.3 is 6.03 Å². The largest absolute Gasteiger partial charge is 0.457 e. The van der Waals surface area contributed by atoms with E-state index in [4.69, 9.17) is 15.9 Å². The van der Waals surface area contributed by atoms with Gasteiger partial charge in [0.1, 0.15) is 23.9 Å². The maximum atomic E-state index is 13.4. The molecule has 0 aliphatic rings. The van der Waals surface area contributed by atoms with Crippen molar-refractivity contribution in [2.45, 2.75) is 6.42 Å². The molecule has 2 heterocycles. The molecule has 6 aromatic rings. The molecular formula is C36H32IN5O4. The number of anilines is 2. The Morgan fingerprint density at radius 2 is 1.57 bits per heavy atom. The number of carbonyl (C=O) groups excluding carboxylic acids is 2. The number of ether oxygens (including phenoxy) is 2. The Morgan fingerprint density at radius 3 is 2.30 bits per heavy atom. The van der Waals surface area contributed by atoms with Crippen LogP contribution in [0.5, 0.6) is 11.5 Å². The summed E-state index contributed by atoms with van der Waals surface area (Å²) in [4.78, 5) is 30.1. The molecule has 2 amide bonds. The number of halogens is 1. The number of Topliss-reactive ketones (excluding diaryl/α,β-unsaturated/α-hetero) is 1. The third-order valence-electron chi connectivity index (χ3n) is 6.85. The molecule has 10 heteroatoms. The lowest BCUT2D eigenvalue weighted by Gasteiger charge is -2.14. The average Bonchev–Trinajstić information content (AvgIpc) is 3.51. The van der Waals surface area contributed by atoms with E-state index in [-0.39, 0.29) is 18.8 Å². The highest BCUT2D eigenvalue weighted by molar-refractivity contribution is 14.1. The van der Waals surface area contributed by atoms with Crippen LogP contribution in [0.3, 0.4) is 0 Å². The molecule has 0 atom stereocenters. The Morgan fingerprint density at radius 1 is 0.870 bits per heavy atom. The first-order valence-corrected chi connectivity index (χ1v) is 15.8. The maximum Gasteiger partial charge on any atom is 0.324 e. The number of amides is 2. The van der Waals surface area contributed by atoms with E-state index in [0.717, 1.165) is 27.7 Å². The van der Waals surface area contributed by atoms with Gasteiger partial charge in [0.25, 0.3) is 0 Å². The third kappa shape index (κ3) is 7.95. The fraction of sp³-hybridized carbons (Fsp3) is 0.111. The molecule has 0 aliphatic heterocycles. The SMILES string of the molecule is COCC(=O)Cc1cc(Oc2ccc(NC(=O)Nc3cc(-c4ccccc4)nn3-c3ccccc3)c3ccccc23)ccn1.[2H]CI. The number of fused-ring (bicyclic) bond motifs is 1. The van der Waals surface area contributed by atoms with Crippen LogP contribution in [0.15, 0.2) is 121 Å². The summed E-state index contributed by atoms with van der Waals surface area (Å²) in [6.45, 7) is 0.0300. The number of methoxy groups -OCH3 is 1. The molecular weight excluding hydrogens is 693 g/mol. The summed E-state index contributed by atoms with van der Waals surface area (Å²) >= 11 is 1.96. The number of ketones is 1. The van der Waals surface area contributed by atoms with Crippen molar-refractivity contribution in [1.82, 2.24) is 14.8 Å². The van der Waals surface area contributed by atoms with Gasteiger partial charge in [-0.25, -0.2) is 9.48 Å². The van der Waals surface area contributed by atoms with E-state index in [1.54, 1.807) is 35.1 Å². The number of nitrogens with one attached hydrogen (secondary N) is 2. The molecule has 0 saturated heterocycles. The molecule has 0 fully saturated rings. The molecule has 0 radical (unpaired) electrons. The topological polar surface area (TPSA) is 107 Å².